The molecule has 0 atom stereocenters. The molecule has 38 heavy (non-hydrogen) atoms. The van der Waals surface area contributed by atoms with Gasteiger partial charge < -0.3 is 4.57 Å². The molecule has 0 fully saturated rings. The summed E-state index contributed by atoms with van der Waals surface area (Å²) < 4.78 is 2.36. The summed E-state index contributed by atoms with van der Waals surface area (Å²) in [6.07, 6.45) is 0. The van der Waals surface area contributed by atoms with E-state index in [-0.39, 0.29) is 0 Å². The Morgan fingerprint density at radius 3 is 1.79 bits per heavy atom. The maximum atomic E-state index is 5.04. The van der Waals surface area contributed by atoms with Gasteiger partial charge in [0.15, 0.2) is 5.82 Å². The lowest BCUT2D eigenvalue weighted by molar-refractivity contribution is 1.16. The average Bonchev–Trinajstić information content (AvgIpc) is 3.34. The first-order chi connectivity index (χ1) is 18.8. The van der Waals surface area contributed by atoms with Gasteiger partial charge in [0, 0.05) is 38.7 Å². The number of hydrogen-bond acceptors (Lipinski definition) is 2. The molecule has 0 N–H and O–H groups in total. The molecular weight excluding hydrogens is 461 g/mol. The van der Waals surface area contributed by atoms with Crippen LogP contribution in [0.1, 0.15) is 0 Å². The first kappa shape index (κ1) is 22.3. The number of hydrogen-bond donors (Lipinski definition) is 0. The molecule has 2 heterocycles. The molecular formula is C34H24BN3. The predicted octanol–water partition coefficient (Wildman–Crippen LogP) is 6.83. The average molecular weight is 485 g/mol. The third kappa shape index (κ3) is 3.79. The normalized spacial score (nSPS) is 11.3. The third-order valence-electron chi connectivity index (χ3n) is 7.12. The molecule has 7 aromatic rings. The monoisotopic (exact) mass is 485 g/mol. The number of fused-ring (bicyclic) bond motifs is 3. The van der Waals surface area contributed by atoms with E-state index in [9.17, 15) is 0 Å². The zero-order valence-corrected chi connectivity index (χ0v) is 21.0. The summed E-state index contributed by atoms with van der Waals surface area (Å²) in [7, 11) is 2.18. The number of nitrogens with zero attached hydrogens (tertiary/aromatic N) is 3. The van der Waals surface area contributed by atoms with Gasteiger partial charge in [-0.15, -0.1) is 0 Å². The zero-order valence-electron chi connectivity index (χ0n) is 21.0. The van der Waals surface area contributed by atoms with Crippen LogP contribution in [0.15, 0.2) is 133 Å². The lowest BCUT2D eigenvalue weighted by Gasteiger charge is -2.13. The Balaban J connectivity index is 1.45. The van der Waals surface area contributed by atoms with Crippen LogP contribution in [0, 0.1) is 0 Å². The third-order valence-corrected chi connectivity index (χ3v) is 7.12. The fraction of sp³-hybridized carbons (Fsp3) is 0. The second kappa shape index (κ2) is 9.17. The Morgan fingerprint density at radius 2 is 1.08 bits per heavy atom. The molecule has 0 aliphatic carbocycles. The van der Waals surface area contributed by atoms with Crippen LogP contribution in [0.5, 0.6) is 0 Å². The maximum Gasteiger partial charge on any atom is 0.160 e. The predicted molar refractivity (Wildman–Crippen MR) is 161 cm³/mol. The van der Waals surface area contributed by atoms with Crippen molar-refractivity contribution < 1.29 is 0 Å². The van der Waals surface area contributed by atoms with Crippen molar-refractivity contribution in [2.24, 2.45) is 0 Å². The van der Waals surface area contributed by atoms with Gasteiger partial charge in [0.2, 0.25) is 0 Å². The summed E-state index contributed by atoms with van der Waals surface area (Å²) in [4.78, 5) is 10.1. The van der Waals surface area contributed by atoms with Gasteiger partial charge in [0.05, 0.1) is 16.9 Å². The molecule has 0 saturated carbocycles. The van der Waals surface area contributed by atoms with Gasteiger partial charge in [-0.1, -0.05) is 115 Å². The molecule has 0 bridgehead atoms. The van der Waals surface area contributed by atoms with E-state index in [4.69, 9.17) is 9.97 Å². The molecule has 178 valence electrons. The van der Waals surface area contributed by atoms with Crippen molar-refractivity contribution in [1.82, 2.24) is 14.5 Å². The fourth-order valence-electron chi connectivity index (χ4n) is 5.33. The highest BCUT2D eigenvalue weighted by Crippen LogP contribution is 2.33. The minimum Gasteiger partial charge on any atom is -0.310 e. The highest BCUT2D eigenvalue weighted by atomic mass is 15.0. The van der Waals surface area contributed by atoms with Crippen molar-refractivity contribution in [2.75, 3.05) is 0 Å². The van der Waals surface area contributed by atoms with E-state index in [1.54, 1.807) is 0 Å². The topological polar surface area (TPSA) is 30.7 Å². The Bertz CT molecular complexity index is 1870. The first-order valence-corrected chi connectivity index (χ1v) is 12.9. The molecule has 5 aromatic carbocycles. The Labute approximate surface area is 222 Å². The second-order valence-electron chi connectivity index (χ2n) is 9.57. The highest BCUT2D eigenvalue weighted by molar-refractivity contribution is 6.40. The van der Waals surface area contributed by atoms with Crippen LogP contribution < -0.4 is 5.46 Å². The van der Waals surface area contributed by atoms with E-state index in [0.29, 0.717) is 5.82 Å². The second-order valence-corrected chi connectivity index (χ2v) is 9.57. The lowest BCUT2D eigenvalue weighted by Crippen LogP contribution is -2.08. The molecule has 3 nitrogen and oxygen atoms in total. The molecule has 0 saturated heterocycles. The fourth-order valence-corrected chi connectivity index (χ4v) is 5.33. The molecule has 7 rings (SSSR count). The largest absolute Gasteiger partial charge is 0.310 e. The van der Waals surface area contributed by atoms with Crippen LogP contribution in [-0.2, 0) is 0 Å². The van der Waals surface area contributed by atoms with Gasteiger partial charge in [-0.05, 0) is 24.3 Å². The summed E-state index contributed by atoms with van der Waals surface area (Å²) >= 11 is 0. The van der Waals surface area contributed by atoms with Crippen molar-refractivity contribution in [2.45, 2.75) is 0 Å². The Kier molecular flexibility index (Phi) is 5.37. The van der Waals surface area contributed by atoms with Gasteiger partial charge in [0.1, 0.15) is 7.85 Å². The van der Waals surface area contributed by atoms with Gasteiger partial charge in [-0.25, -0.2) is 9.97 Å². The summed E-state index contributed by atoms with van der Waals surface area (Å²) in [5.41, 5.74) is 9.71. The van der Waals surface area contributed by atoms with Gasteiger partial charge >= 0.3 is 0 Å². The van der Waals surface area contributed by atoms with Crippen LogP contribution in [0.3, 0.4) is 0 Å². The summed E-state index contributed by atoms with van der Waals surface area (Å²) in [5, 5.41) is 2.52. The minimum absolute atomic E-state index is 0.713. The molecule has 4 heteroatoms. The van der Waals surface area contributed by atoms with E-state index in [1.165, 1.54) is 27.3 Å². The molecule has 0 aliphatic heterocycles. The van der Waals surface area contributed by atoms with Gasteiger partial charge in [-0.2, -0.15) is 0 Å². The highest BCUT2D eigenvalue weighted by Gasteiger charge is 2.15. The number of benzene rings is 5. The van der Waals surface area contributed by atoms with Crippen molar-refractivity contribution in [3.05, 3.63) is 133 Å². The van der Waals surface area contributed by atoms with Crippen molar-refractivity contribution in [3.8, 4) is 39.6 Å². The first-order valence-electron chi connectivity index (χ1n) is 12.9. The smallest absolute Gasteiger partial charge is 0.160 e. The standard InChI is InChI=1S/C34H24BN3/c35-29-19-10-18-28-27-17-7-8-20-32(27)38(33(28)29)26-16-9-15-25(21-26)34-36-30(23-11-3-1-4-12-23)22-31(37-34)24-13-5-2-6-14-24/h1-22H,35H2. The van der Waals surface area contributed by atoms with Gasteiger partial charge in [0.25, 0.3) is 0 Å². The van der Waals surface area contributed by atoms with Crippen LogP contribution in [0.4, 0.5) is 0 Å². The Hall–Kier alpha value is -4.96. The molecule has 0 radical (unpaired) electrons. The van der Waals surface area contributed by atoms with Gasteiger partial charge in [-0.3, -0.25) is 0 Å². The molecule has 2 aromatic heterocycles. The molecule has 0 unspecified atom stereocenters. The van der Waals surface area contributed by atoms with Crippen LogP contribution in [0.25, 0.3) is 61.4 Å². The van der Waals surface area contributed by atoms with Crippen molar-refractivity contribution in [3.63, 3.8) is 0 Å². The Morgan fingerprint density at radius 1 is 0.500 bits per heavy atom. The van der Waals surface area contributed by atoms with Crippen LogP contribution in [-0.4, -0.2) is 22.4 Å². The quantitative estimate of drug-likeness (QED) is 0.256. The number of rotatable bonds is 4. The summed E-state index contributed by atoms with van der Waals surface area (Å²) in [6, 6.07) is 46.4. The van der Waals surface area contributed by atoms with Crippen molar-refractivity contribution >= 4 is 35.1 Å². The van der Waals surface area contributed by atoms with Crippen molar-refractivity contribution in [1.29, 1.82) is 0 Å². The van der Waals surface area contributed by atoms with Crippen LogP contribution in [0.2, 0.25) is 0 Å². The summed E-state index contributed by atoms with van der Waals surface area (Å²) in [6.45, 7) is 0. The molecule has 0 aliphatic rings. The van der Waals surface area contributed by atoms with E-state index in [2.05, 4.69) is 109 Å². The van der Waals surface area contributed by atoms with E-state index in [1.807, 2.05) is 36.4 Å². The zero-order chi connectivity index (χ0) is 25.5. The molecule has 0 spiro atoms. The maximum absolute atomic E-state index is 5.04. The summed E-state index contributed by atoms with van der Waals surface area (Å²) in [5.74, 6) is 0.713. The number of aromatic nitrogens is 3. The lowest BCUT2D eigenvalue weighted by atomic mass is 9.93. The minimum atomic E-state index is 0.713. The van der Waals surface area contributed by atoms with Crippen LogP contribution >= 0.6 is 0 Å². The van der Waals surface area contributed by atoms with E-state index >= 15 is 0 Å². The number of para-hydroxylation sites is 2. The molecule has 0 amide bonds. The SMILES string of the molecule is Bc1cccc2c3ccccc3n(-c3cccc(-c4nc(-c5ccccc5)cc(-c5ccccc5)n4)c3)c12. The van der Waals surface area contributed by atoms with E-state index < -0.39 is 0 Å². The van der Waals surface area contributed by atoms with E-state index in [0.717, 1.165) is 33.8 Å².